The molecule has 118 valence electrons. The summed E-state index contributed by atoms with van der Waals surface area (Å²) in [5.74, 6) is 0.356. The number of hydrogen-bond donors (Lipinski definition) is 1. The molecule has 6 heteroatoms. The lowest BCUT2D eigenvalue weighted by Crippen LogP contribution is -2.28. The SMILES string of the molecule is N#Cc1cccc([C@@H]2C[C@@H](c3ccccc3F)Nc3ncnn32)c1. The third-order valence-electron chi connectivity index (χ3n) is 4.31. The second-order valence-corrected chi connectivity index (χ2v) is 5.74. The summed E-state index contributed by atoms with van der Waals surface area (Å²) in [7, 11) is 0. The number of aromatic nitrogens is 3. The predicted octanol–water partition coefficient (Wildman–Crippen LogP) is 3.44. The second kappa shape index (κ2) is 5.78. The van der Waals surface area contributed by atoms with Crippen molar-refractivity contribution in [2.75, 3.05) is 5.32 Å². The molecule has 0 radical (unpaired) electrons. The highest BCUT2D eigenvalue weighted by Crippen LogP contribution is 2.38. The maximum absolute atomic E-state index is 14.2. The van der Waals surface area contributed by atoms with E-state index in [-0.39, 0.29) is 17.9 Å². The quantitative estimate of drug-likeness (QED) is 0.786. The highest BCUT2D eigenvalue weighted by atomic mass is 19.1. The minimum Gasteiger partial charge on any atom is -0.347 e. The fourth-order valence-corrected chi connectivity index (χ4v) is 3.17. The van der Waals surface area contributed by atoms with Crippen LogP contribution in [0.2, 0.25) is 0 Å². The summed E-state index contributed by atoms with van der Waals surface area (Å²) in [4.78, 5) is 4.23. The Morgan fingerprint density at radius 3 is 2.92 bits per heavy atom. The zero-order chi connectivity index (χ0) is 16.5. The summed E-state index contributed by atoms with van der Waals surface area (Å²) in [5, 5.41) is 16.7. The van der Waals surface area contributed by atoms with Gasteiger partial charge in [0.25, 0.3) is 0 Å². The predicted molar refractivity (Wildman–Crippen MR) is 86.7 cm³/mol. The van der Waals surface area contributed by atoms with Crippen molar-refractivity contribution >= 4 is 5.95 Å². The largest absolute Gasteiger partial charge is 0.347 e. The van der Waals surface area contributed by atoms with Crippen LogP contribution in [0, 0.1) is 17.1 Å². The molecule has 3 aromatic rings. The van der Waals surface area contributed by atoms with Gasteiger partial charge in [0.05, 0.1) is 23.7 Å². The number of rotatable bonds is 2. The summed E-state index contributed by atoms with van der Waals surface area (Å²) in [6, 6.07) is 16.0. The Bertz CT molecular complexity index is 927. The van der Waals surface area contributed by atoms with E-state index in [1.165, 1.54) is 12.4 Å². The van der Waals surface area contributed by atoms with Crippen LogP contribution in [0.15, 0.2) is 54.9 Å². The second-order valence-electron chi connectivity index (χ2n) is 5.74. The fraction of sp³-hybridized carbons (Fsp3) is 0.167. The van der Waals surface area contributed by atoms with Gasteiger partial charge in [0.2, 0.25) is 5.95 Å². The Balaban J connectivity index is 1.77. The molecule has 1 aromatic heterocycles. The Hall–Kier alpha value is -3.20. The summed E-state index contributed by atoms with van der Waals surface area (Å²) in [6.07, 6.45) is 2.10. The molecule has 0 bridgehead atoms. The maximum Gasteiger partial charge on any atom is 0.222 e. The lowest BCUT2D eigenvalue weighted by Gasteiger charge is -2.32. The van der Waals surface area contributed by atoms with Crippen LogP contribution in [0.5, 0.6) is 0 Å². The number of anilines is 1. The van der Waals surface area contributed by atoms with Crippen LogP contribution >= 0.6 is 0 Å². The number of fused-ring (bicyclic) bond motifs is 1. The summed E-state index contributed by atoms with van der Waals surface area (Å²) < 4.78 is 16.0. The number of nitrogens with one attached hydrogen (secondary N) is 1. The summed E-state index contributed by atoms with van der Waals surface area (Å²) >= 11 is 0. The molecule has 2 heterocycles. The van der Waals surface area contributed by atoms with Gasteiger partial charge < -0.3 is 5.32 Å². The van der Waals surface area contributed by atoms with Crippen molar-refractivity contribution in [1.82, 2.24) is 14.8 Å². The van der Waals surface area contributed by atoms with Crippen molar-refractivity contribution < 1.29 is 4.39 Å². The number of benzene rings is 2. The molecule has 0 aliphatic carbocycles. The van der Waals surface area contributed by atoms with Crippen molar-refractivity contribution in [1.29, 1.82) is 5.26 Å². The van der Waals surface area contributed by atoms with Crippen LogP contribution in [0.1, 0.15) is 35.2 Å². The Morgan fingerprint density at radius 1 is 1.21 bits per heavy atom. The molecular formula is C18H14FN5. The standard InChI is InChI=1S/C18H14FN5/c19-15-7-2-1-6-14(15)16-9-17(24-18(23-16)21-11-22-24)13-5-3-4-12(8-13)10-20/h1-8,11,16-17H,9H2,(H,21,22,23)/t16-,17-/m0/s1. The molecule has 2 aromatic carbocycles. The third kappa shape index (κ3) is 2.40. The molecule has 0 fully saturated rings. The molecule has 0 unspecified atom stereocenters. The Labute approximate surface area is 138 Å². The molecule has 0 spiro atoms. The molecule has 0 saturated carbocycles. The highest BCUT2D eigenvalue weighted by molar-refractivity contribution is 5.40. The van der Waals surface area contributed by atoms with Crippen molar-refractivity contribution in [3.8, 4) is 6.07 Å². The van der Waals surface area contributed by atoms with E-state index in [0.717, 1.165) is 5.56 Å². The third-order valence-corrected chi connectivity index (χ3v) is 4.31. The minimum atomic E-state index is -0.243. The zero-order valence-corrected chi connectivity index (χ0v) is 12.7. The molecular weight excluding hydrogens is 305 g/mol. The van der Waals surface area contributed by atoms with Gasteiger partial charge in [-0.1, -0.05) is 30.3 Å². The first kappa shape index (κ1) is 14.4. The van der Waals surface area contributed by atoms with Crippen LogP contribution in [0.25, 0.3) is 0 Å². The normalized spacial score (nSPS) is 19.2. The average molecular weight is 319 g/mol. The van der Waals surface area contributed by atoms with E-state index >= 15 is 0 Å². The molecule has 1 aliphatic heterocycles. The molecule has 0 amide bonds. The number of nitriles is 1. The van der Waals surface area contributed by atoms with Crippen LogP contribution in [-0.4, -0.2) is 14.8 Å². The van der Waals surface area contributed by atoms with E-state index in [1.54, 1.807) is 22.9 Å². The van der Waals surface area contributed by atoms with Crippen LogP contribution in [-0.2, 0) is 0 Å². The lowest BCUT2D eigenvalue weighted by molar-refractivity contribution is 0.423. The van der Waals surface area contributed by atoms with Crippen molar-refractivity contribution in [3.05, 3.63) is 77.4 Å². The van der Waals surface area contributed by atoms with Crippen molar-refractivity contribution in [2.45, 2.75) is 18.5 Å². The van der Waals surface area contributed by atoms with E-state index in [1.807, 2.05) is 24.3 Å². The number of hydrogen-bond acceptors (Lipinski definition) is 4. The molecule has 2 atom stereocenters. The van der Waals surface area contributed by atoms with Gasteiger partial charge in [0, 0.05) is 5.56 Å². The van der Waals surface area contributed by atoms with E-state index < -0.39 is 0 Å². The highest BCUT2D eigenvalue weighted by Gasteiger charge is 2.31. The number of halogens is 1. The molecule has 4 rings (SSSR count). The van der Waals surface area contributed by atoms with Crippen LogP contribution in [0.3, 0.4) is 0 Å². The monoisotopic (exact) mass is 319 g/mol. The van der Waals surface area contributed by atoms with Crippen LogP contribution < -0.4 is 5.32 Å². The zero-order valence-electron chi connectivity index (χ0n) is 12.7. The van der Waals surface area contributed by atoms with Gasteiger partial charge in [-0.3, -0.25) is 0 Å². The van der Waals surface area contributed by atoms with E-state index in [2.05, 4.69) is 21.5 Å². The van der Waals surface area contributed by atoms with Gasteiger partial charge in [0.1, 0.15) is 12.1 Å². The minimum absolute atomic E-state index is 0.110. The van der Waals surface area contributed by atoms with Gasteiger partial charge >= 0.3 is 0 Å². The molecule has 24 heavy (non-hydrogen) atoms. The molecule has 1 aliphatic rings. The summed E-state index contributed by atoms with van der Waals surface area (Å²) in [5.41, 5.74) is 2.16. The topological polar surface area (TPSA) is 66.5 Å². The van der Waals surface area contributed by atoms with E-state index in [9.17, 15) is 4.39 Å². The van der Waals surface area contributed by atoms with Crippen molar-refractivity contribution in [2.24, 2.45) is 0 Å². The van der Waals surface area contributed by atoms with Gasteiger partial charge in [-0.15, -0.1) is 0 Å². The Kier molecular flexibility index (Phi) is 3.47. The van der Waals surface area contributed by atoms with Gasteiger partial charge in [0.15, 0.2) is 0 Å². The van der Waals surface area contributed by atoms with Gasteiger partial charge in [-0.05, 0) is 30.2 Å². The molecule has 5 nitrogen and oxygen atoms in total. The van der Waals surface area contributed by atoms with Gasteiger partial charge in [-0.25, -0.2) is 9.07 Å². The molecule has 1 N–H and O–H groups in total. The fourth-order valence-electron chi connectivity index (χ4n) is 3.17. The molecule has 0 saturated heterocycles. The first-order chi connectivity index (χ1) is 11.8. The first-order valence-corrected chi connectivity index (χ1v) is 7.67. The maximum atomic E-state index is 14.2. The average Bonchev–Trinajstić information content (AvgIpc) is 3.10. The smallest absolute Gasteiger partial charge is 0.222 e. The lowest BCUT2D eigenvalue weighted by atomic mass is 9.92. The number of nitrogens with zero attached hydrogens (tertiary/aromatic N) is 4. The van der Waals surface area contributed by atoms with Gasteiger partial charge in [-0.2, -0.15) is 15.3 Å². The first-order valence-electron chi connectivity index (χ1n) is 7.67. The summed E-state index contributed by atoms with van der Waals surface area (Å²) in [6.45, 7) is 0. The van der Waals surface area contributed by atoms with Crippen molar-refractivity contribution in [3.63, 3.8) is 0 Å². The van der Waals surface area contributed by atoms with Crippen LogP contribution in [0.4, 0.5) is 10.3 Å². The van der Waals surface area contributed by atoms with E-state index in [0.29, 0.717) is 23.5 Å². The van der Waals surface area contributed by atoms with E-state index in [4.69, 9.17) is 5.26 Å². The Morgan fingerprint density at radius 2 is 2.08 bits per heavy atom.